The van der Waals surface area contributed by atoms with E-state index in [1.807, 2.05) is 0 Å². The van der Waals surface area contributed by atoms with Gasteiger partial charge in [-0.05, 0) is 12.1 Å². The molecule has 70 valence electrons. The molecular formula is C11H7F2N. The van der Waals surface area contributed by atoms with E-state index in [0.717, 1.165) is 6.08 Å². The number of hydrogen-bond donors (Lipinski definition) is 0. The first-order chi connectivity index (χ1) is 6.74. The molecular weight excluding hydrogens is 184 g/mol. The largest absolute Gasteiger partial charge is 0.256 e. The summed E-state index contributed by atoms with van der Waals surface area (Å²) in [5.74, 6) is -1.24. The highest BCUT2D eigenvalue weighted by molar-refractivity contribution is 5.82. The van der Waals surface area contributed by atoms with E-state index >= 15 is 0 Å². The van der Waals surface area contributed by atoms with Gasteiger partial charge < -0.3 is 0 Å². The average molecular weight is 191 g/mol. The van der Waals surface area contributed by atoms with Gasteiger partial charge in [0, 0.05) is 23.2 Å². The van der Waals surface area contributed by atoms with Gasteiger partial charge >= 0.3 is 0 Å². The van der Waals surface area contributed by atoms with E-state index < -0.39 is 11.6 Å². The van der Waals surface area contributed by atoms with Gasteiger partial charge in [0.2, 0.25) is 0 Å². The molecule has 2 aromatic rings. The maximum absolute atomic E-state index is 13.6. The molecule has 0 saturated carbocycles. The second-order valence-electron chi connectivity index (χ2n) is 2.86. The monoisotopic (exact) mass is 191 g/mol. The second-order valence-corrected chi connectivity index (χ2v) is 2.86. The first-order valence-electron chi connectivity index (χ1n) is 4.09. The van der Waals surface area contributed by atoms with Gasteiger partial charge in [-0.25, -0.2) is 8.78 Å². The lowest BCUT2D eigenvalue weighted by atomic mass is 10.1. The Morgan fingerprint density at radius 2 is 2.14 bits per heavy atom. The van der Waals surface area contributed by atoms with Crippen LogP contribution in [0.15, 0.2) is 31.0 Å². The Kier molecular flexibility index (Phi) is 2.00. The summed E-state index contributed by atoms with van der Waals surface area (Å²) in [5.41, 5.74) is 0.207. The molecule has 1 aromatic heterocycles. The molecule has 3 heteroatoms. The zero-order chi connectivity index (χ0) is 10.1. The quantitative estimate of drug-likeness (QED) is 0.674. The predicted molar refractivity (Wildman–Crippen MR) is 51.8 cm³/mol. The number of halogens is 2. The number of benzene rings is 1. The zero-order valence-electron chi connectivity index (χ0n) is 7.30. The molecule has 0 saturated heterocycles. The van der Waals surface area contributed by atoms with Crippen LogP contribution in [0.2, 0.25) is 0 Å². The molecule has 1 aromatic carbocycles. The fourth-order valence-electron chi connectivity index (χ4n) is 1.35. The molecule has 0 unspecified atom stereocenters. The van der Waals surface area contributed by atoms with Crippen molar-refractivity contribution in [3.05, 3.63) is 48.2 Å². The number of hydrogen-bond acceptors (Lipinski definition) is 1. The van der Waals surface area contributed by atoms with Crippen LogP contribution >= 0.6 is 0 Å². The third-order valence-electron chi connectivity index (χ3n) is 2.04. The Balaban J connectivity index is 2.92. The Hall–Kier alpha value is -1.77. The second kappa shape index (κ2) is 3.18. The van der Waals surface area contributed by atoms with Crippen LogP contribution in [0.3, 0.4) is 0 Å². The standard InChI is InChI=1S/C11H7F2N/c1-2-7-9(12)6-10-8(11(7)13)4-3-5-14-10/h2-6H,1H2. The van der Waals surface area contributed by atoms with Crippen molar-refractivity contribution >= 4 is 17.0 Å². The first kappa shape index (κ1) is 8.81. The third-order valence-corrected chi connectivity index (χ3v) is 2.04. The molecule has 14 heavy (non-hydrogen) atoms. The van der Waals surface area contributed by atoms with Gasteiger partial charge in [0.15, 0.2) is 0 Å². The molecule has 1 nitrogen and oxygen atoms in total. The molecule has 0 aliphatic carbocycles. The molecule has 0 aliphatic rings. The lowest BCUT2D eigenvalue weighted by Gasteiger charge is -2.03. The fourth-order valence-corrected chi connectivity index (χ4v) is 1.35. The molecule has 0 fully saturated rings. The molecule has 0 radical (unpaired) electrons. The average Bonchev–Trinajstić information content (AvgIpc) is 2.18. The topological polar surface area (TPSA) is 12.9 Å². The summed E-state index contributed by atoms with van der Waals surface area (Å²) in [6.07, 6.45) is 2.66. The van der Waals surface area contributed by atoms with Crippen molar-refractivity contribution in [1.82, 2.24) is 4.98 Å². The Labute approximate surface area is 79.7 Å². The molecule has 0 atom stereocenters. The van der Waals surface area contributed by atoms with Gasteiger partial charge in [-0.3, -0.25) is 4.98 Å². The number of rotatable bonds is 1. The van der Waals surface area contributed by atoms with Crippen LogP contribution in [-0.4, -0.2) is 4.98 Å². The summed E-state index contributed by atoms with van der Waals surface area (Å²) >= 11 is 0. The van der Waals surface area contributed by atoms with Gasteiger partial charge in [-0.15, -0.1) is 0 Å². The van der Waals surface area contributed by atoms with Crippen LogP contribution in [0.5, 0.6) is 0 Å². The molecule has 0 aliphatic heterocycles. The smallest absolute Gasteiger partial charge is 0.142 e. The fraction of sp³-hybridized carbons (Fsp3) is 0. The third kappa shape index (κ3) is 1.18. The summed E-state index contributed by atoms with van der Waals surface area (Å²) in [5, 5.41) is 0.309. The summed E-state index contributed by atoms with van der Waals surface area (Å²) in [4.78, 5) is 3.86. The van der Waals surface area contributed by atoms with Gasteiger partial charge in [0.25, 0.3) is 0 Å². The van der Waals surface area contributed by atoms with E-state index in [4.69, 9.17) is 0 Å². The number of fused-ring (bicyclic) bond motifs is 1. The van der Waals surface area contributed by atoms with Crippen LogP contribution in [-0.2, 0) is 0 Å². The summed E-state index contributed by atoms with van der Waals surface area (Å²) in [6.45, 7) is 3.36. The highest BCUT2D eigenvalue weighted by atomic mass is 19.1. The van der Waals surface area contributed by atoms with Crippen LogP contribution in [0.25, 0.3) is 17.0 Å². The predicted octanol–water partition coefficient (Wildman–Crippen LogP) is 3.16. The van der Waals surface area contributed by atoms with E-state index in [0.29, 0.717) is 10.9 Å². The molecule has 0 spiro atoms. The highest BCUT2D eigenvalue weighted by Crippen LogP contribution is 2.22. The van der Waals surface area contributed by atoms with E-state index in [-0.39, 0.29) is 5.56 Å². The van der Waals surface area contributed by atoms with E-state index in [9.17, 15) is 8.78 Å². The highest BCUT2D eigenvalue weighted by Gasteiger charge is 2.10. The first-order valence-corrected chi connectivity index (χ1v) is 4.09. The van der Waals surface area contributed by atoms with Crippen LogP contribution in [0.4, 0.5) is 8.78 Å². The van der Waals surface area contributed by atoms with Gasteiger partial charge in [0.1, 0.15) is 11.6 Å². The van der Waals surface area contributed by atoms with Gasteiger partial charge in [-0.2, -0.15) is 0 Å². The number of nitrogens with zero attached hydrogens (tertiary/aromatic N) is 1. The van der Waals surface area contributed by atoms with Crippen LogP contribution in [0.1, 0.15) is 5.56 Å². The van der Waals surface area contributed by atoms with Crippen LogP contribution < -0.4 is 0 Å². The van der Waals surface area contributed by atoms with Crippen LogP contribution in [0, 0.1) is 11.6 Å². The minimum absolute atomic E-state index is 0.106. The minimum atomic E-state index is -0.635. The minimum Gasteiger partial charge on any atom is -0.256 e. The molecule has 0 bridgehead atoms. The van der Waals surface area contributed by atoms with Crippen molar-refractivity contribution in [3.63, 3.8) is 0 Å². The Bertz CT molecular complexity index is 506. The summed E-state index contributed by atoms with van der Waals surface area (Å²) in [7, 11) is 0. The van der Waals surface area contributed by atoms with E-state index in [1.54, 1.807) is 12.1 Å². The summed E-state index contributed by atoms with van der Waals surface area (Å²) < 4.78 is 26.8. The zero-order valence-corrected chi connectivity index (χ0v) is 7.30. The normalized spacial score (nSPS) is 10.4. The van der Waals surface area contributed by atoms with Gasteiger partial charge in [-0.1, -0.05) is 12.7 Å². The Morgan fingerprint density at radius 1 is 1.36 bits per heavy atom. The van der Waals surface area contributed by atoms with E-state index in [1.165, 1.54) is 12.3 Å². The van der Waals surface area contributed by atoms with Crippen molar-refractivity contribution in [2.24, 2.45) is 0 Å². The molecule has 2 rings (SSSR count). The number of aromatic nitrogens is 1. The molecule has 0 amide bonds. The van der Waals surface area contributed by atoms with Crippen molar-refractivity contribution in [3.8, 4) is 0 Å². The van der Waals surface area contributed by atoms with E-state index in [2.05, 4.69) is 11.6 Å². The van der Waals surface area contributed by atoms with Crippen molar-refractivity contribution < 1.29 is 8.78 Å². The van der Waals surface area contributed by atoms with Gasteiger partial charge in [0.05, 0.1) is 5.52 Å². The Morgan fingerprint density at radius 3 is 2.86 bits per heavy atom. The molecule has 1 heterocycles. The lowest BCUT2D eigenvalue weighted by molar-refractivity contribution is 0.587. The van der Waals surface area contributed by atoms with Crippen molar-refractivity contribution in [2.45, 2.75) is 0 Å². The molecule has 0 N–H and O–H groups in total. The van der Waals surface area contributed by atoms with Crippen molar-refractivity contribution in [1.29, 1.82) is 0 Å². The lowest BCUT2D eigenvalue weighted by Crippen LogP contribution is -1.91. The SMILES string of the molecule is C=Cc1c(F)cc2ncccc2c1F. The maximum Gasteiger partial charge on any atom is 0.142 e. The van der Waals surface area contributed by atoms with Crippen molar-refractivity contribution in [2.75, 3.05) is 0 Å². The summed E-state index contributed by atoms with van der Waals surface area (Å²) in [6, 6.07) is 4.37. The number of pyridine rings is 1. The maximum atomic E-state index is 13.6.